The zero-order valence-corrected chi connectivity index (χ0v) is 29.7. The Morgan fingerprint density at radius 2 is 1.07 bits per heavy atom. The average Bonchev–Trinajstić information content (AvgIpc) is 3.92. The van der Waals surface area contributed by atoms with Gasteiger partial charge in [0.25, 0.3) is 0 Å². The second kappa shape index (κ2) is 11.3. The first-order valence-electron chi connectivity index (χ1n) is 18.2. The summed E-state index contributed by atoms with van der Waals surface area (Å²) in [4.78, 5) is 2.42. The molecule has 0 saturated carbocycles. The summed E-state index contributed by atoms with van der Waals surface area (Å²) in [5.41, 5.74) is 9.03. The van der Waals surface area contributed by atoms with Gasteiger partial charge in [-0.05, 0) is 81.7 Å². The molecule has 0 aliphatic heterocycles. The summed E-state index contributed by atoms with van der Waals surface area (Å²) in [7, 11) is 0. The number of fused-ring (bicyclic) bond motifs is 13. The van der Waals surface area contributed by atoms with E-state index in [4.69, 9.17) is 8.83 Å². The van der Waals surface area contributed by atoms with Crippen LogP contribution in [0.25, 0.3) is 96.7 Å². The molecule has 3 aromatic heterocycles. The molecule has 0 N–H and O–H groups in total. The first-order valence-corrected chi connectivity index (χ1v) is 19.1. The van der Waals surface area contributed by atoms with Crippen molar-refractivity contribution >= 4 is 114 Å². The zero-order valence-electron chi connectivity index (χ0n) is 28.9. The van der Waals surface area contributed by atoms with Gasteiger partial charge in [0.05, 0.1) is 10.4 Å². The molecule has 3 nitrogen and oxygen atoms in total. The van der Waals surface area contributed by atoms with Gasteiger partial charge in [0.1, 0.15) is 22.3 Å². The van der Waals surface area contributed by atoms with E-state index in [9.17, 15) is 0 Å². The minimum Gasteiger partial charge on any atom is -0.456 e. The van der Waals surface area contributed by atoms with E-state index < -0.39 is 0 Å². The van der Waals surface area contributed by atoms with Gasteiger partial charge in [-0.15, -0.1) is 11.3 Å². The van der Waals surface area contributed by atoms with Crippen molar-refractivity contribution in [3.63, 3.8) is 0 Å². The monoisotopic (exact) mass is 707 g/mol. The molecule has 252 valence electrons. The van der Waals surface area contributed by atoms with Gasteiger partial charge < -0.3 is 13.7 Å². The van der Waals surface area contributed by atoms with Crippen molar-refractivity contribution in [2.45, 2.75) is 0 Å². The Kier molecular flexibility index (Phi) is 6.21. The van der Waals surface area contributed by atoms with Crippen LogP contribution in [0.3, 0.4) is 0 Å². The van der Waals surface area contributed by atoms with E-state index in [1.165, 1.54) is 41.7 Å². The lowest BCUT2D eigenvalue weighted by atomic mass is 9.99. The van der Waals surface area contributed by atoms with Crippen molar-refractivity contribution in [2.24, 2.45) is 0 Å². The zero-order chi connectivity index (χ0) is 35.3. The van der Waals surface area contributed by atoms with Crippen molar-refractivity contribution < 1.29 is 8.83 Å². The highest BCUT2D eigenvalue weighted by Gasteiger charge is 2.21. The van der Waals surface area contributed by atoms with Gasteiger partial charge in [-0.2, -0.15) is 0 Å². The Labute approximate surface area is 313 Å². The number of para-hydroxylation sites is 2. The minimum atomic E-state index is 0.861. The summed E-state index contributed by atoms with van der Waals surface area (Å²) >= 11 is 1.86. The van der Waals surface area contributed by atoms with E-state index >= 15 is 0 Å². The van der Waals surface area contributed by atoms with Crippen LogP contribution >= 0.6 is 11.3 Å². The summed E-state index contributed by atoms with van der Waals surface area (Å²) in [6.45, 7) is 0. The fraction of sp³-hybridized carbons (Fsp3) is 0. The molecule has 0 unspecified atom stereocenters. The van der Waals surface area contributed by atoms with Crippen LogP contribution in [0, 0.1) is 0 Å². The molecule has 4 heteroatoms. The minimum absolute atomic E-state index is 0.861. The second-order valence-electron chi connectivity index (χ2n) is 14.0. The van der Waals surface area contributed by atoms with Crippen LogP contribution in [0.2, 0.25) is 0 Å². The predicted molar refractivity (Wildman–Crippen MR) is 229 cm³/mol. The van der Waals surface area contributed by atoms with Crippen LogP contribution in [0.5, 0.6) is 0 Å². The lowest BCUT2D eigenvalue weighted by molar-refractivity contribution is 0.663. The Balaban J connectivity index is 1.04. The van der Waals surface area contributed by atoms with E-state index in [1.807, 2.05) is 35.6 Å². The summed E-state index contributed by atoms with van der Waals surface area (Å²) in [5, 5.41) is 11.9. The highest BCUT2D eigenvalue weighted by atomic mass is 32.1. The highest BCUT2D eigenvalue weighted by molar-refractivity contribution is 7.26. The molecular formula is C50H29NO2S. The molecule has 0 saturated heterocycles. The number of rotatable bonds is 4. The van der Waals surface area contributed by atoms with Gasteiger partial charge in [0.2, 0.25) is 0 Å². The molecule has 0 bridgehead atoms. The molecule has 0 aliphatic carbocycles. The van der Waals surface area contributed by atoms with Crippen LogP contribution in [-0.4, -0.2) is 0 Å². The van der Waals surface area contributed by atoms with Gasteiger partial charge in [0.15, 0.2) is 0 Å². The summed E-state index contributed by atoms with van der Waals surface area (Å²) in [6, 6.07) is 63.1. The Bertz CT molecular complexity index is 3460. The highest BCUT2D eigenvalue weighted by Crippen LogP contribution is 2.47. The lowest BCUT2D eigenvalue weighted by Gasteiger charge is -2.27. The normalized spacial score (nSPS) is 12.1. The number of hydrogen-bond acceptors (Lipinski definition) is 4. The molecule has 3 heterocycles. The first-order chi connectivity index (χ1) is 26.8. The molecule has 0 atom stereocenters. The number of nitrogens with zero attached hydrogens (tertiary/aromatic N) is 1. The molecule has 0 amide bonds. The van der Waals surface area contributed by atoms with Crippen molar-refractivity contribution in [1.82, 2.24) is 0 Å². The Morgan fingerprint density at radius 1 is 0.407 bits per heavy atom. The van der Waals surface area contributed by atoms with Gasteiger partial charge in [-0.1, -0.05) is 121 Å². The van der Waals surface area contributed by atoms with Crippen LogP contribution in [0.1, 0.15) is 0 Å². The third-order valence-corrected chi connectivity index (χ3v) is 12.3. The van der Waals surface area contributed by atoms with Crippen molar-refractivity contribution in [3.8, 4) is 11.1 Å². The number of thiophene rings is 1. The maximum Gasteiger partial charge on any atom is 0.143 e. The van der Waals surface area contributed by atoms with Crippen molar-refractivity contribution in [2.75, 3.05) is 4.90 Å². The first kappa shape index (κ1) is 29.7. The number of furan rings is 2. The van der Waals surface area contributed by atoms with Crippen molar-refractivity contribution in [1.29, 1.82) is 0 Å². The van der Waals surface area contributed by atoms with Crippen LogP contribution in [0.15, 0.2) is 185 Å². The molecule has 12 aromatic rings. The van der Waals surface area contributed by atoms with Gasteiger partial charge in [-0.3, -0.25) is 0 Å². The van der Waals surface area contributed by atoms with E-state index in [0.717, 1.165) is 72.1 Å². The maximum atomic E-state index is 6.68. The summed E-state index contributed by atoms with van der Waals surface area (Å²) < 4.78 is 15.5. The predicted octanol–water partition coefficient (Wildman–Crippen LogP) is 15.3. The average molecular weight is 708 g/mol. The molecule has 0 aliphatic rings. The number of hydrogen-bond donors (Lipinski definition) is 0. The molecule has 0 fully saturated rings. The lowest BCUT2D eigenvalue weighted by Crippen LogP contribution is -2.10. The van der Waals surface area contributed by atoms with Gasteiger partial charge in [-0.25, -0.2) is 0 Å². The summed E-state index contributed by atoms with van der Waals surface area (Å²) in [5.74, 6) is 0. The molecule has 9 aromatic carbocycles. The SMILES string of the molecule is c1ccc2c(c1)ccc1cc(N(c3ccc(-c4cccc5c4oc4ccc6oc7ccccc7c6c45)cc3)c3cccc4c3sc3ccccc34)ccc12. The maximum absolute atomic E-state index is 6.68. The third kappa shape index (κ3) is 4.29. The fourth-order valence-electron chi connectivity index (χ4n) is 8.60. The molecule has 12 rings (SSSR count). The van der Waals surface area contributed by atoms with Crippen LogP contribution in [-0.2, 0) is 0 Å². The topological polar surface area (TPSA) is 29.5 Å². The van der Waals surface area contributed by atoms with E-state index in [0.29, 0.717) is 0 Å². The number of anilines is 3. The Hall–Kier alpha value is -6.88. The molecular weight excluding hydrogens is 679 g/mol. The fourth-order valence-corrected chi connectivity index (χ4v) is 9.80. The molecule has 54 heavy (non-hydrogen) atoms. The molecule has 0 spiro atoms. The van der Waals surface area contributed by atoms with Crippen LogP contribution < -0.4 is 4.90 Å². The van der Waals surface area contributed by atoms with E-state index in [1.54, 1.807) is 0 Å². The number of benzene rings is 9. The summed E-state index contributed by atoms with van der Waals surface area (Å²) in [6.07, 6.45) is 0. The van der Waals surface area contributed by atoms with E-state index in [-0.39, 0.29) is 0 Å². The quantitative estimate of drug-likeness (QED) is 0.171. The Morgan fingerprint density at radius 3 is 1.98 bits per heavy atom. The van der Waals surface area contributed by atoms with E-state index in [2.05, 4.69) is 157 Å². The molecule has 0 radical (unpaired) electrons. The third-order valence-electron chi connectivity index (χ3n) is 11.0. The van der Waals surface area contributed by atoms with Gasteiger partial charge >= 0.3 is 0 Å². The smallest absolute Gasteiger partial charge is 0.143 e. The second-order valence-corrected chi connectivity index (χ2v) is 15.1. The standard InChI is InChI=1S/C50H29NO2S/c1-2-10-35-30(9-1)19-20-32-29-34(25-26-36(32)35)51(42-16-8-14-39-38-11-4-6-18-46(38)54-50(39)42)33-23-21-31(22-24-33)37-13-7-15-41-48-45(53-49(37)41)28-27-44-47(48)40-12-3-5-17-43(40)52-44/h1-29H. The van der Waals surface area contributed by atoms with Crippen LogP contribution in [0.4, 0.5) is 17.1 Å². The van der Waals surface area contributed by atoms with Gasteiger partial charge in [0, 0.05) is 54.0 Å². The largest absolute Gasteiger partial charge is 0.456 e. The van der Waals surface area contributed by atoms with Crippen molar-refractivity contribution in [3.05, 3.63) is 176 Å².